The summed E-state index contributed by atoms with van der Waals surface area (Å²) < 4.78 is 22.7. The van der Waals surface area contributed by atoms with Crippen molar-refractivity contribution in [1.29, 1.82) is 0 Å². The lowest BCUT2D eigenvalue weighted by molar-refractivity contribution is -0.123. The van der Waals surface area contributed by atoms with E-state index in [-0.39, 0.29) is 46.9 Å². The molecule has 0 spiro atoms. The maximum atomic E-state index is 13.4. The molecule has 11 heteroatoms. The summed E-state index contributed by atoms with van der Waals surface area (Å²) in [5, 5.41) is 3.30. The van der Waals surface area contributed by atoms with Crippen LogP contribution in [0, 0.1) is 6.92 Å². The Morgan fingerprint density at radius 3 is 1.78 bits per heavy atom. The number of nitrogens with zero attached hydrogens (tertiary/aromatic N) is 3. The molecule has 4 atom stereocenters. The lowest BCUT2D eigenvalue weighted by Crippen LogP contribution is -2.41. The number of aromatic nitrogens is 2. The quantitative estimate of drug-likeness (QED) is 0.123. The molecule has 2 saturated heterocycles. The normalized spacial score (nSPS) is 19.3. The number of rotatable bonds is 13. The molecule has 3 aromatic carbocycles. The number of hydrogen-bond donors (Lipinski definition) is 1. The third kappa shape index (κ3) is 12.6. The molecular weight excluding hydrogens is 745 g/mol. The molecule has 0 aliphatic carbocycles. The second-order valence-corrected chi connectivity index (χ2v) is 17.5. The highest BCUT2D eigenvalue weighted by Crippen LogP contribution is 2.29. The molecule has 7 rings (SSSR count). The molecule has 0 bridgehead atoms. The van der Waals surface area contributed by atoms with Gasteiger partial charge < -0.3 is 28.5 Å². The van der Waals surface area contributed by atoms with Crippen molar-refractivity contribution in [3.05, 3.63) is 120 Å². The van der Waals surface area contributed by atoms with Crippen molar-refractivity contribution in [1.82, 2.24) is 20.2 Å². The highest BCUT2D eigenvalue weighted by molar-refractivity contribution is 5.98. The van der Waals surface area contributed by atoms with E-state index in [2.05, 4.69) is 15.3 Å². The number of carbonyl (C=O) groups excluding carboxylic acids is 3. The van der Waals surface area contributed by atoms with Gasteiger partial charge in [-0.3, -0.25) is 14.4 Å². The van der Waals surface area contributed by atoms with Crippen LogP contribution in [0.1, 0.15) is 94.3 Å². The van der Waals surface area contributed by atoms with Gasteiger partial charge in [0.05, 0.1) is 47.9 Å². The van der Waals surface area contributed by atoms with Gasteiger partial charge in [-0.15, -0.1) is 0 Å². The minimum atomic E-state index is -0.478. The Hall–Kier alpha value is -5.23. The first-order chi connectivity index (χ1) is 28.1. The van der Waals surface area contributed by atoms with Crippen LogP contribution >= 0.6 is 0 Å². The number of aryl methyl sites for hydroxylation is 3. The molecule has 2 aliphatic heterocycles. The predicted octanol–water partition coefficient (Wildman–Crippen LogP) is 8.64. The van der Waals surface area contributed by atoms with E-state index < -0.39 is 6.04 Å². The first kappa shape index (κ1) is 43.4. The molecule has 2 fully saturated rings. The van der Waals surface area contributed by atoms with Gasteiger partial charge in [0.2, 0.25) is 0 Å². The molecule has 0 radical (unpaired) electrons. The largest absolute Gasteiger partial charge is 0.444 e. The van der Waals surface area contributed by atoms with Crippen LogP contribution in [0.4, 0.5) is 0 Å². The third-order valence-electron chi connectivity index (χ3n) is 10.3. The van der Waals surface area contributed by atoms with Crippen molar-refractivity contribution in [2.24, 2.45) is 0 Å². The molecule has 1 N–H and O–H groups in total. The van der Waals surface area contributed by atoms with Gasteiger partial charge in [-0.2, -0.15) is 0 Å². The van der Waals surface area contributed by atoms with E-state index in [1.54, 1.807) is 17.3 Å². The first-order valence-electron chi connectivity index (χ1n) is 20.6. The van der Waals surface area contributed by atoms with Crippen molar-refractivity contribution >= 4 is 17.5 Å². The van der Waals surface area contributed by atoms with Crippen LogP contribution in [0.2, 0.25) is 0 Å². The number of hydrogen-bond acceptors (Lipinski definition) is 10. The van der Waals surface area contributed by atoms with E-state index in [1.807, 2.05) is 121 Å². The van der Waals surface area contributed by atoms with Gasteiger partial charge >= 0.3 is 0 Å². The van der Waals surface area contributed by atoms with Crippen LogP contribution in [-0.4, -0.2) is 80.9 Å². The van der Waals surface area contributed by atoms with Gasteiger partial charge in [-0.05, 0) is 91.0 Å². The Labute approximate surface area is 347 Å². The zero-order valence-corrected chi connectivity index (χ0v) is 35.4. The SMILES string of the molecule is CC(C)(C)O[C@H]1CN[C@H](C(=O)CCc2ccc(-c3cnco3)cc2)C1.Cc1cccc(C(=O)N2C[C@H](OC(C)(C)C)C[C@H]2C(=O)CCc2ccc(-c3cnco3)cc2)c1. The molecule has 11 nitrogen and oxygen atoms in total. The topological polar surface area (TPSA) is 137 Å². The minimum absolute atomic E-state index is 0.0697. The smallest absolute Gasteiger partial charge is 0.254 e. The van der Waals surface area contributed by atoms with Crippen molar-refractivity contribution in [3.8, 4) is 22.6 Å². The van der Waals surface area contributed by atoms with Crippen LogP contribution in [0.3, 0.4) is 0 Å². The van der Waals surface area contributed by atoms with Crippen molar-refractivity contribution in [2.75, 3.05) is 13.1 Å². The Morgan fingerprint density at radius 2 is 1.27 bits per heavy atom. The van der Waals surface area contributed by atoms with Gasteiger partial charge in [0.25, 0.3) is 5.91 Å². The van der Waals surface area contributed by atoms with E-state index in [0.29, 0.717) is 43.6 Å². The number of benzene rings is 3. The number of ketones is 2. The molecule has 0 unspecified atom stereocenters. The Balaban J connectivity index is 0.000000208. The van der Waals surface area contributed by atoms with Crippen LogP contribution in [0.5, 0.6) is 0 Å². The Morgan fingerprint density at radius 1 is 0.729 bits per heavy atom. The highest BCUT2D eigenvalue weighted by atomic mass is 16.5. The van der Waals surface area contributed by atoms with E-state index in [4.69, 9.17) is 18.3 Å². The zero-order chi connectivity index (χ0) is 42.2. The van der Waals surface area contributed by atoms with Gasteiger partial charge in [-0.1, -0.05) is 66.2 Å². The minimum Gasteiger partial charge on any atom is -0.444 e. The number of ether oxygens (including phenoxy) is 2. The van der Waals surface area contributed by atoms with Crippen LogP contribution in [-0.2, 0) is 31.9 Å². The standard InChI is InChI=1S/C28H32N2O4.C20H26N2O3/c1-19-6-5-7-22(14-19)27(32)30-17-23(34-28(2,3)4)15-24(30)25(31)13-10-20-8-11-21(12-9-20)26-16-29-18-33-26;1-20(2,3)25-16-10-17(22-11-16)18(23)9-6-14-4-7-15(8-5-14)19-12-21-13-24-19/h5-9,11-12,14,16,18,23-24H,10,13,15,17H2,1-4H3;4-5,7-8,12-13,16-17,22H,6,9-11H2,1-3H3/t23-,24+;16-,17+/m11/s1. The molecular formula is C48H58N4O7. The highest BCUT2D eigenvalue weighted by Gasteiger charge is 2.41. The Bertz CT molecular complexity index is 2120. The fourth-order valence-corrected chi connectivity index (χ4v) is 7.66. The van der Waals surface area contributed by atoms with Gasteiger partial charge in [0, 0.05) is 49.0 Å². The molecule has 0 saturated carbocycles. The predicted molar refractivity (Wildman–Crippen MR) is 227 cm³/mol. The summed E-state index contributed by atoms with van der Waals surface area (Å²) in [4.78, 5) is 48.7. The number of Topliss-reactive ketones (excluding diaryl/α,β-unsaturated/α-hetero) is 2. The average Bonchev–Trinajstić information content (AvgIpc) is 4.04. The summed E-state index contributed by atoms with van der Waals surface area (Å²) in [5.74, 6) is 1.68. The second kappa shape index (κ2) is 19.2. The third-order valence-corrected chi connectivity index (χ3v) is 10.3. The molecule has 5 aromatic rings. The number of carbonyl (C=O) groups is 3. The van der Waals surface area contributed by atoms with Gasteiger partial charge in [-0.25, -0.2) is 9.97 Å². The maximum absolute atomic E-state index is 13.4. The second-order valence-electron chi connectivity index (χ2n) is 17.5. The fraction of sp³-hybridized carbons (Fsp3) is 0.438. The van der Waals surface area contributed by atoms with Crippen molar-refractivity contribution in [3.63, 3.8) is 0 Å². The number of nitrogens with one attached hydrogen (secondary N) is 1. The molecule has 4 heterocycles. The number of oxazole rings is 2. The van der Waals surface area contributed by atoms with Crippen molar-refractivity contribution in [2.45, 2.75) is 122 Å². The molecule has 2 aliphatic rings. The summed E-state index contributed by atoms with van der Waals surface area (Å²) >= 11 is 0. The molecule has 312 valence electrons. The summed E-state index contributed by atoms with van der Waals surface area (Å²) in [6, 6.07) is 23.0. The Kier molecular flexibility index (Phi) is 14.1. The summed E-state index contributed by atoms with van der Waals surface area (Å²) in [6.07, 6.45) is 9.72. The zero-order valence-electron chi connectivity index (χ0n) is 35.4. The summed E-state index contributed by atoms with van der Waals surface area (Å²) in [7, 11) is 0. The maximum Gasteiger partial charge on any atom is 0.254 e. The molecule has 59 heavy (non-hydrogen) atoms. The lowest BCUT2D eigenvalue weighted by atomic mass is 9.99. The van der Waals surface area contributed by atoms with E-state index >= 15 is 0 Å². The molecule has 1 amide bonds. The van der Waals surface area contributed by atoms with E-state index in [0.717, 1.165) is 53.0 Å². The fourth-order valence-electron chi connectivity index (χ4n) is 7.66. The van der Waals surface area contributed by atoms with E-state index in [1.165, 1.54) is 12.8 Å². The summed E-state index contributed by atoms with van der Waals surface area (Å²) in [5.41, 5.74) is 5.27. The van der Waals surface area contributed by atoms with Crippen LogP contribution in [0.25, 0.3) is 22.6 Å². The molecule has 2 aromatic heterocycles. The van der Waals surface area contributed by atoms with E-state index in [9.17, 15) is 14.4 Å². The number of likely N-dealkylation sites (tertiary alicyclic amines) is 1. The lowest BCUT2D eigenvalue weighted by Gasteiger charge is -2.25. The van der Waals surface area contributed by atoms with Gasteiger partial charge in [0.15, 0.2) is 30.1 Å². The van der Waals surface area contributed by atoms with Crippen molar-refractivity contribution < 1.29 is 32.7 Å². The van der Waals surface area contributed by atoms with Crippen LogP contribution < -0.4 is 5.32 Å². The monoisotopic (exact) mass is 802 g/mol. The number of amides is 1. The average molecular weight is 803 g/mol. The van der Waals surface area contributed by atoms with Gasteiger partial charge in [0.1, 0.15) is 5.78 Å². The van der Waals surface area contributed by atoms with Crippen LogP contribution in [0.15, 0.2) is 107 Å². The summed E-state index contributed by atoms with van der Waals surface area (Å²) in [6.45, 7) is 15.3. The first-order valence-corrected chi connectivity index (χ1v) is 20.6.